The van der Waals surface area contributed by atoms with E-state index in [0.717, 1.165) is 4.31 Å². The minimum absolute atomic E-state index is 0.0424. The van der Waals surface area contributed by atoms with Crippen LogP contribution in [0.2, 0.25) is 5.02 Å². The van der Waals surface area contributed by atoms with E-state index in [1.165, 1.54) is 13.1 Å². The number of hydrogen-bond donors (Lipinski definition) is 1. The van der Waals surface area contributed by atoms with Gasteiger partial charge in [0.1, 0.15) is 4.90 Å². The summed E-state index contributed by atoms with van der Waals surface area (Å²) in [5.41, 5.74) is 5.65. The van der Waals surface area contributed by atoms with Crippen LogP contribution in [-0.4, -0.2) is 31.7 Å². The molecule has 0 bridgehead atoms. The second-order valence-electron chi connectivity index (χ2n) is 4.43. The first-order valence-electron chi connectivity index (χ1n) is 5.69. The van der Waals surface area contributed by atoms with Gasteiger partial charge >= 0.3 is 0 Å². The molecule has 0 radical (unpaired) electrons. The summed E-state index contributed by atoms with van der Waals surface area (Å²) in [6, 6.07) is 4.35. The summed E-state index contributed by atoms with van der Waals surface area (Å²) in [6.45, 7) is 3.29. The predicted molar refractivity (Wildman–Crippen MR) is 74.4 cm³/mol. The predicted octanol–water partition coefficient (Wildman–Crippen LogP) is 1.53. The van der Waals surface area contributed by atoms with Gasteiger partial charge < -0.3 is 5.73 Å². The van der Waals surface area contributed by atoms with E-state index in [1.807, 2.05) is 0 Å². The molecule has 1 amide bonds. The number of amides is 1. The smallest absolute Gasteiger partial charge is 0.244 e. The minimum atomic E-state index is -3.75. The number of primary amides is 1. The average Bonchev–Trinajstić information content (AvgIpc) is 2.26. The van der Waals surface area contributed by atoms with E-state index >= 15 is 0 Å². The monoisotopic (exact) mass is 304 g/mol. The van der Waals surface area contributed by atoms with Gasteiger partial charge in [0.2, 0.25) is 15.9 Å². The van der Waals surface area contributed by atoms with Gasteiger partial charge in [-0.1, -0.05) is 23.7 Å². The van der Waals surface area contributed by atoms with E-state index in [4.69, 9.17) is 17.3 Å². The van der Waals surface area contributed by atoms with Gasteiger partial charge in [-0.05, 0) is 25.5 Å². The highest BCUT2D eigenvalue weighted by Crippen LogP contribution is 2.28. The van der Waals surface area contributed by atoms with Crippen LogP contribution in [0.5, 0.6) is 0 Å². The number of sulfonamides is 1. The molecular weight excluding hydrogens is 288 g/mol. The van der Waals surface area contributed by atoms with Crippen LogP contribution in [0, 0.1) is 6.92 Å². The number of carbonyl (C=O) groups is 1. The summed E-state index contributed by atoms with van der Waals surface area (Å²) in [5.74, 6) is -0.551. The van der Waals surface area contributed by atoms with Gasteiger partial charge in [0.05, 0.1) is 5.02 Å². The van der Waals surface area contributed by atoms with Crippen LogP contribution in [0.25, 0.3) is 0 Å². The van der Waals surface area contributed by atoms with Crippen LogP contribution in [0.1, 0.15) is 18.9 Å². The fourth-order valence-corrected chi connectivity index (χ4v) is 3.88. The largest absolute Gasteiger partial charge is 0.370 e. The molecule has 0 saturated heterocycles. The first-order valence-corrected chi connectivity index (χ1v) is 7.51. The molecule has 1 atom stereocenters. The Balaban J connectivity index is 3.21. The summed E-state index contributed by atoms with van der Waals surface area (Å²) in [5, 5.41) is 0.165. The van der Waals surface area contributed by atoms with Crippen molar-refractivity contribution in [1.29, 1.82) is 0 Å². The molecule has 0 aliphatic heterocycles. The molecule has 0 aliphatic carbocycles. The standard InChI is InChI=1S/C12H17ClN2O3S/c1-8-5-4-6-10(13)12(8)19(17,18)15(3)9(2)7-11(14)16/h4-6,9H,7H2,1-3H3,(H2,14,16)/t9-/m0/s1. The molecule has 0 saturated carbocycles. The fraction of sp³-hybridized carbons (Fsp3) is 0.417. The zero-order valence-electron chi connectivity index (χ0n) is 11.1. The number of hydrogen-bond acceptors (Lipinski definition) is 3. The Hall–Kier alpha value is -1.11. The van der Waals surface area contributed by atoms with Crippen LogP contribution in [0.3, 0.4) is 0 Å². The Morgan fingerprint density at radius 2 is 2.05 bits per heavy atom. The van der Waals surface area contributed by atoms with Gasteiger partial charge in [-0.2, -0.15) is 4.31 Å². The van der Waals surface area contributed by atoms with Crippen molar-refractivity contribution in [3.8, 4) is 0 Å². The fourth-order valence-electron chi connectivity index (χ4n) is 1.74. The van der Waals surface area contributed by atoms with Crippen molar-refractivity contribution >= 4 is 27.5 Å². The Labute approximate surface area is 118 Å². The van der Waals surface area contributed by atoms with E-state index in [2.05, 4.69) is 0 Å². The van der Waals surface area contributed by atoms with E-state index in [-0.39, 0.29) is 16.3 Å². The average molecular weight is 305 g/mol. The normalized spacial score (nSPS) is 13.5. The SMILES string of the molecule is Cc1cccc(Cl)c1S(=O)(=O)N(C)[C@@H](C)CC(N)=O. The Kier molecular flexibility index (Phi) is 4.95. The van der Waals surface area contributed by atoms with E-state index in [0.29, 0.717) is 5.56 Å². The summed E-state index contributed by atoms with van der Waals surface area (Å²) in [6.07, 6.45) is -0.0424. The maximum absolute atomic E-state index is 12.5. The second-order valence-corrected chi connectivity index (χ2v) is 6.77. The van der Waals surface area contributed by atoms with Crippen molar-refractivity contribution in [3.05, 3.63) is 28.8 Å². The highest BCUT2D eigenvalue weighted by molar-refractivity contribution is 7.89. The van der Waals surface area contributed by atoms with Crippen LogP contribution >= 0.6 is 11.6 Å². The number of halogens is 1. The van der Waals surface area contributed by atoms with Gasteiger partial charge in [-0.25, -0.2) is 8.42 Å². The van der Waals surface area contributed by atoms with Crippen molar-refractivity contribution in [2.45, 2.75) is 31.2 Å². The molecule has 5 nitrogen and oxygen atoms in total. The minimum Gasteiger partial charge on any atom is -0.370 e. The van der Waals surface area contributed by atoms with E-state index in [1.54, 1.807) is 26.0 Å². The van der Waals surface area contributed by atoms with Gasteiger partial charge in [0.15, 0.2) is 0 Å². The molecule has 0 spiro atoms. The molecule has 2 N–H and O–H groups in total. The molecule has 1 aromatic carbocycles. The zero-order chi connectivity index (χ0) is 14.8. The number of rotatable bonds is 5. The highest BCUT2D eigenvalue weighted by atomic mass is 35.5. The lowest BCUT2D eigenvalue weighted by atomic mass is 10.2. The number of nitrogens with two attached hydrogens (primary N) is 1. The first kappa shape index (κ1) is 15.9. The van der Waals surface area contributed by atoms with Gasteiger partial charge in [-0.15, -0.1) is 0 Å². The Morgan fingerprint density at radius 1 is 1.47 bits per heavy atom. The molecule has 0 aliphatic rings. The molecule has 0 aromatic heterocycles. The lowest BCUT2D eigenvalue weighted by molar-refractivity contribution is -0.118. The molecule has 106 valence electrons. The van der Waals surface area contributed by atoms with Gasteiger partial charge in [0.25, 0.3) is 0 Å². The number of nitrogens with zero attached hydrogens (tertiary/aromatic N) is 1. The lowest BCUT2D eigenvalue weighted by Crippen LogP contribution is -2.38. The molecule has 1 rings (SSSR count). The third kappa shape index (κ3) is 3.46. The van der Waals surface area contributed by atoms with Gasteiger partial charge in [-0.3, -0.25) is 4.79 Å². The molecule has 1 aromatic rings. The van der Waals surface area contributed by atoms with Gasteiger partial charge in [0, 0.05) is 19.5 Å². The maximum atomic E-state index is 12.5. The Morgan fingerprint density at radius 3 is 2.53 bits per heavy atom. The third-order valence-electron chi connectivity index (χ3n) is 2.92. The molecule has 0 unspecified atom stereocenters. The van der Waals surface area contributed by atoms with Crippen molar-refractivity contribution < 1.29 is 13.2 Å². The summed E-state index contributed by atoms with van der Waals surface area (Å²) in [7, 11) is -2.34. The Bertz CT molecular complexity index is 566. The summed E-state index contributed by atoms with van der Waals surface area (Å²) < 4.78 is 26.1. The zero-order valence-corrected chi connectivity index (χ0v) is 12.6. The van der Waals surface area contributed by atoms with Crippen molar-refractivity contribution in [3.63, 3.8) is 0 Å². The number of aryl methyl sites for hydroxylation is 1. The quantitative estimate of drug-likeness (QED) is 0.896. The molecule has 19 heavy (non-hydrogen) atoms. The maximum Gasteiger partial charge on any atom is 0.244 e. The lowest BCUT2D eigenvalue weighted by Gasteiger charge is -2.24. The van der Waals surface area contributed by atoms with Crippen molar-refractivity contribution in [1.82, 2.24) is 4.31 Å². The van der Waals surface area contributed by atoms with Crippen LogP contribution in [-0.2, 0) is 14.8 Å². The molecule has 7 heteroatoms. The van der Waals surface area contributed by atoms with Crippen LogP contribution in [0.4, 0.5) is 0 Å². The van der Waals surface area contributed by atoms with Crippen LogP contribution in [0.15, 0.2) is 23.1 Å². The molecule has 0 heterocycles. The first-order chi connectivity index (χ1) is 8.67. The second kappa shape index (κ2) is 5.90. The summed E-state index contributed by atoms with van der Waals surface area (Å²) >= 11 is 5.97. The van der Waals surface area contributed by atoms with Crippen LogP contribution < -0.4 is 5.73 Å². The van der Waals surface area contributed by atoms with E-state index in [9.17, 15) is 13.2 Å². The molecule has 0 fully saturated rings. The number of carbonyl (C=O) groups excluding carboxylic acids is 1. The van der Waals surface area contributed by atoms with E-state index < -0.39 is 22.0 Å². The highest BCUT2D eigenvalue weighted by Gasteiger charge is 2.29. The number of benzene rings is 1. The van der Waals surface area contributed by atoms with Crippen molar-refractivity contribution in [2.75, 3.05) is 7.05 Å². The molecular formula is C12H17ClN2O3S. The van der Waals surface area contributed by atoms with Crippen molar-refractivity contribution in [2.24, 2.45) is 5.73 Å². The topological polar surface area (TPSA) is 80.5 Å². The summed E-state index contributed by atoms with van der Waals surface area (Å²) in [4.78, 5) is 11.0. The third-order valence-corrected chi connectivity index (χ3v) is 5.52.